The van der Waals surface area contributed by atoms with E-state index in [2.05, 4.69) is 24.0 Å². The molecule has 1 N–H and O–H groups in total. The first kappa shape index (κ1) is 30.6. The second kappa shape index (κ2) is 13.3. The number of hydrogen-bond donors (Lipinski definition) is 1. The summed E-state index contributed by atoms with van der Waals surface area (Å²) in [5, 5.41) is 20.3. The summed E-state index contributed by atoms with van der Waals surface area (Å²) in [4.78, 5) is 28.6. The number of fused-ring (bicyclic) bond motifs is 1. The zero-order chi connectivity index (χ0) is 31.5. The minimum atomic E-state index is -1.00. The summed E-state index contributed by atoms with van der Waals surface area (Å²) in [6, 6.07) is 17.2. The van der Waals surface area contributed by atoms with Gasteiger partial charge in [0.05, 0.1) is 18.2 Å². The van der Waals surface area contributed by atoms with Crippen molar-refractivity contribution in [2.75, 3.05) is 24.7 Å². The summed E-state index contributed by atoms with van der Waals surface area (Å²) in [6.45, 7) is 5.48. The predicted molar refractivity (Wildman–Crippen MR) is 169 cm³/mol. The molecule has 0 saturated carbocycles. The van der Waals surface area contributed by atoms with Crippen molar-refractivity contribution in [3.8, 4) is 17.2 Å². The molecule has 2 aliphatic rings. The van der Waals surface area contributed by atoms with Gasteiger partial charge < -0.3 is 19.3 Å². The van der Waals surface area contributed by atoms with E-state index in [1.807, 2.05) is 6.07 Å². The molecular formula is C33H30FN3O6S2. The van der Waals surface area contributed by atoms with Gasteiger partial charge in [-0.2, -0.15) is 0 Å². The Kier molecular flexibility index (Phi) is 9.04. The largest absolute Gasteiger partial charge is 0.507 e. The second-order valence-corrected chi connectivity index (χ2v) is 13.1. The number of rotatable bonds is 10. The molecule has 1 saturated heterocycles. The first-order chi connectivity index (χ1) is 21.8. The van der Waals surface area contributed by atoms with Crippen molar-refractivity contribution in [1.29, 1.82) is 0 Å². The van der Waals surface area contributed by atoms with E-state index in [-0.39, 0.29) is 22.3 Å². The third-order valence-corrected chi connectivity index (χ3v) is 9.40. The fourth-order valence-electron chi connectivity index (χ4n) is 4.96. The number of ether oxygens (including phenoxy) is 3. The first-order valence-corrected chi connectivity index (χ1v) is 16.2. The van der Waals surface area contributed by atoms with Gasteiger partial charge in [-0.25, -0.2) is 4.39 Å². The molecule has 3 heterocycles. The van der Waals surface area contributed by atoms with Crippen LogP contribution in [0.1, 0.15) is 43.0 Å². The lowest BCUT2D eigenvalue weighted by atomic mass is 9.95. The molecule has 3 aromatic carbocycles. The van der Waals surface area contributed by atoms with Crippen LogP contribution >= 0.6 is 23.1 Å². The van der Waals surface area contributed by atoms with Crippen molar-refractivity contribution < 1.29 is 33.3 Å². The van der Waals surface area contributed by atoms with E-state index < -0.39 is 17.7 Å². The van der Waals surface area contributed by atoms with Gasteiger partial charge in [0.25, 0.3) is 5.78 Å². The lowest BCUT2D eigenvalue weighted by molar-refractivity contribution is -0.132. The number of nitrogens with zero attached hydrogens (tertiary/aromatic N) is 3. The number of aromatic nitrogens is 2. The third-order valence-electron chi connectivity index (χ3n) is 7.28. The Hall–Kier alpha value is -4.42. The Balaban J connectivity index is 1.37. The van der Waals surface area contributed by atoms with Crippen LogP contribution in [-0.4, -0.2) is 46.8 Å². The molecule has 9 nitrogen and oxygen atoms in total. The number of benzene rings is 3. The monoisotopic (exact) mass is 647 g/mol. The average molecular weight is 648 g/mol. The third kappa shape index (κ3) is 6.66. The van der Waals surface area contributed by atoms with Gasteiger partial charge in [-0.1, -0.05) is 61.2 Å². The van der Waals surface area contributed by atoms with Crippen LogP contribution in [0.25, 0.3) is 5.76 Å². The van der Waals surface area contributed by atoms with E-state index in [0.29, 0.717) is 64.2 Å². The van der Waals surface area contributed by atoms with Crippen LogP contribution in [0.15, 0.2) is 76.6 Å². The Bertz CT molecular complexity index is 1760. The van der Waals surface area contributed by atoms with Crippen molar-refractivity contribution >= 4 is 45.7 Å². The molecule has 12 heteroatoms. The molecule has 4 aromatic rings. The molecule has 0 aliphatic carbocycles. The molecule has 0 radical (unpaired) electrons. The van der Waals surface area contributed by atoms with E-state index in [1.165, 1.54) is 28.8 Å². The van der Waals surface area contributed by atoms with E-state index >= 15 is 0 Å². The average Bonchev–Trinajstić information content (AvgIpc) is 3.61. The molecule has 1 atom stereocenters. The van der Waals surface area contributed by atoms with Crippen LogP contribution in [0, 0.1) is 11.7 Å². The Labute approximate surface area is 267 Å². The van der Waals surface area contributed by atoms with Gasteiger partial charge in [0.1, 0.15) is 30.5 Å². The van der Waals surface area contributed by atoms with Gasteiger partial charge in [0, 0.05) is 11.3 Å². The maximum Gasteiger partial charge on any atom is 0.301 e. The second-order valence-electron chi connectivity index (χ2n) is 10.9. The SMILES string of the molecule is CC(C)CCOc1cccc(C2/C(=C(\O)c3ccc4c(c3)OCCO4)C(=O)C(=O)N2c2nnc(SCc3ccc(F)cc3)s2)c1. The first-order valence-electron chi connectivity index (χ1n) is 14.4. The fraction of sp³-hybridized carbons (Fsp3) is 0.273. The molecule has 0 bridgehead atoms. The molecule has 2 aliphatic heterocycles. The molecule has 1 fully saturated rings. The summed E-state index contributed by atoms with van der Waals surface area (Å²) in [6.07, 6.45) is 0.857. The van der Waals surface area contributed by atoms with Crippen molar-refractivity contribution in [2.45, 2.75) is 36.4 Å². The summed E-state index contributed by atoms with van der Waals surface area (Å²) in [5.74, 6) is 0.152. The minimum Gasteiger partial charge on any atom is -0.507 e. The van der Waals surface area contributed by atoms with Crippen molar-refractivity contribution in [2.24, 2.45) is 5.92 Å². The highest BCUT2D eigenvalue weighted by molar-refractivity contribution is 8.00. The van der Waals surface area contributed by atoms with Gasteiger partial charge in [-0.3, -0.25) is 14.5 Å². The number of hydrogen-bond acceptors (Lipinski definition) is 10. The zero-order valence-electron chi connectivity index (χ0n) is 24.6. The van der Waals surface area contributed by atoms with E-state index in [0.717, 1.165) is 23.3 Å². The summed E-state index contributed by atoms with van der Waals surface area (Å²) in [7, 11) is 0. The van der Waals surface area contributed by atoms with E-state index in [1.54, 1.807) is 48.5 Å². The molecule has 0 spiro atoms. The van der Waals surface area contributed by atoms with Crippen LogP contribution in [0.4, 0.5) is 9.52 Å². The van der Waals surface area contributed by atoms with Gasteiger partial charge in [-0.15, -0.1) is 10.2 Å². The van der Waals surface area contributed by atoms with Gasteiger partial charge in [0.15, 0.2) is 15.8 Å². The Morgan fingerprint density at radius 2 is 1.84 bits per heavy atom. The zero-order valence-corrected chi connectivity index (χ0v) is 26.2. The quantitative estimate of drug-likeness (QED) is 0.0654. The van der Waals surface area contributed by atoms with Gasteiger partial charge in [0.2, 0.25) is 5.13 Å². The highest BCUT2D eigenvalue weighted by Crippen LogP contribution is 2.45. The number of aliphatic hydroxyl groups excluding tert-OH is 1. The van der Waals surface area contributed by atoms with E-state index in [9.17, 15) is 19.1 Å². The van der Waals surface area contributed by atoms with Crippen LogP contribution in [0.3, 0.4) is 0 Å². The Morgan fingerprint density at radius 1 is 1.07 bits per heavy atom. The number of halogens is 1. The molecule has 6 rings (SSSR count). The molecule has 1 unspecified atom stereocenters. The molecular weight excluding hydrogens is 618 g/mol. The van der Waals surface area contributed by atoms with Crippen LogP contribution in [-0.2, 0) is 15.3 Å². The normalized spacial score (nSPS) is 17.2. The summed E-state index contributed by atoms with van der Waals surface area (Å²) in [5.41, 5.74) is 1.67. The fourth-order valence-corrected chi connectivity index (χ4v) is 6.79. The summed E-state index contributed by atoms with van der Waals surface area (Å²) >= 11 is 2.54. The highest BCUT2D eigenvalue weighted by atomic mass is 32.2. The molecule has 1 aromatic heterocycles. The van der Waals surface area contributed by atoms with Crippen molar-refractivity contribution in [3.05, 3.63) is 94.8 Å². The van der Waals surface area contributed by atoms with Gasteiger partial charge in [-0.05, 0) is 65.9 Å². The highest BCUT2D eigenvalue weighted by Gasteiger charge is 2.48. The molecule has 1 amide bonds. The number of carbonyl (C=O) groups excluding carboxylic acids is 2. The number of aliphatic hydroxyl groups is 1. The number of ketones is 1. The smallest absolute Gasteiger partial charge is 0.301 e. The van der Waals surface area contributed by atoms with Crippen LogP contribution in [0.5, 0.6) is 17.2 Å². The topological polar surface area (TPSA) is 111 Å². The maximum atomic E-state index is 13.7. The predicted octanol–water partition coefficient (Wildman–Crippen LogP) is 6.79. The van der Waals surface area contributed by atoms with Crippen molar-refractivity contribution in [1.82, 2.24) is 10.2 Å². The number of amides is 1. The number of anilines is 1. The Morgan fingerprint density at radius 3 is 2.62 bits per heavy atom. The lowest BCUT2D eigenvalue weighted by Crippen LogP contribution is -2.29. The minimum absolute atomic E-state index is 0.0910. The van der Waals surface area contributed by atoms with Gasteiger partial charge >= 0.3 is 5.91 Å². The standard InChI is InChI=1S/C33H30FN3O6S2/c1-19(2)12-13-41-24-5-3-4-21(16-24)28-27(29(38)22-8-11-25-26(17-22)43-15-14-42-25)30(39)31(40)37(28)32-35-36-33(45-32)44-18-20-6-9-23(34)10-7-20/h3-11,16-17,19,28,38H,12-15,18H2,1-2H3/b29-27+. The lowest BCUT2D eigenvalue weighted by Gasteiger charge is -2.23. The van der Waals surface area contributed by atoms with Crippen LogP contribution < -0.4 is 19.1 Å². The number of Topliss-reactive ketones (excluding diaryl/α,β-unsaturated/α-hetero) is 1. The number of thioether (sulfide) groups is 1. The maximum absolute atomic E-state index is 13.7. The number of carbonyl (C=O) groups is 2. The molecule has 232 valence electrons. The van der Waals surface area contributed by atoms with E-state index in [4.69, 9.17) is 14.2 Å². The van der Waals surface area contributed by atoms with Crippen molar-refractivity contribution in [3.63, 3.8) is 0 Å². The molecule has 45 heavy (non-hydrogen) atoms. The van der Waals surface area contributed by atoms with Crippen LogP contribution in [0.2, 0.25) is 0 Å². The summed E-state index contributed by atoms with van der Waals surface area (Å²) < 4.78 is 31.2.